The van der Waals surface area contributed by atoms with Crippen molar-refractivity contribution in [3.63, 3.8) is 0 Å². The van der Waals surface area contributed by atoms with E-state index in [-0.39, 0.29) is 53.2 Å². The van der Waals surface area contributed by atoms with E-state index in [1.165, 1.54) is 16.7 Å². The third-order valence-electron chi connectivity index (χ3n) is 21.7. The molecule has 15 nitrogen and oxygen atoms in total. The van der Waals surface area contributed by atoms with Crippen molar-refractivity contribution in [2.45, 2.75) is 141 Å². The van der Waals surface area contributed by atoms with Gasteiger partial charge in [0, 0.05) is 129 Å². The maximum Gasteiger partial charge on any atom is 0.314 e. The molecule has 5 atom stereocenters. The van der Waals surface area contributed by atoms with E-state index in [4.69, 9.17) is 56.2 Å². The van der Waals surface area contributed by atoms with Crippen LogP contribution in [0.4, 0.5) is 9.59 Å². The van der Waals surface area contributed by atoms with Gasteiger partial charge >= 0.3 is 12.1 Å². The molecule has 0 radical (unpaired) electrons. The predicted octanol–water partition coefficient (Wildman–Crippen LogP) is 11.4. The van der Waals surface area contributed by atoms with Crippen LogP contribution < -0.4 is 11.5 Å². The number of amides is 6. The van der Waals surface area contributed by atoms with Crippen LogP contribution in [0.3, 0.4) is 0 Å². The van der Waals surface area contributed by atoms with Crippen molar-refractivity contribution >= 4 is 74.6 Å². The summed E-state index contributed by atoms with van der Waals surface area (Å²) in [4.78, 5) is 80.5. The highest BCUT2D eigenvalue weighted by molar-refractivity contribution is 9.10. The number of aryl methyl sites for hydroxylation is 2. The molecule has 19 heteroatoms. The van der Waals surface area contributed by atoms with Gasteiger partial charge in [-0.25, -0.2) is 9.59 Å². The van der Waals surface area contributed by atoms with E-state index < -0.39 is 11.9 Å². The molecule has 0 bridgehead atoms. The van der Waals surface area contributed by atoms with Crippen molar-refractivity contribution < 1.29 is 19.2 Å². The van der Waals surface area contributed by atoms with Crippen LogP contribution in [0.25, 0.3) is 0 Å². The van der Waals surface area contributed by atoms with Gasteiger partial charge in [0.15, 0.2) is 0 Å². The zero-order valence-electron chi connectivity index (χ0n) is 50.5. The van der Waals surface area contributed by atoms with Gasteiger partial charge in [0.25, 0.3) is 0 Å². The Balaban J connectivity index is 0.777. The number of primary amides is 2. The lowest BCUT2D eigenvalue weighted by molar-refractivity contribution is -0.148. The minimum absolute atomic E-state index is 0.0186. The van der Waals surface area contributed by atoms with Gasteiger partial charge in [-0.1, -0.05) is 67.7 Å². The number of nitrogens with zero attached hydrogens (tertiary/aromatic N) is 9. The van der Waals surface area contributed by atoms with Gasteiger partial charge in [-0.15, -0.1) is 0 Å². The van der Waals surface area contributed by atoms with Gasteiger partial charge < -0.3 is 31.1 Å². The molecule has 12 rings (SSSR count). The summed E-state index contributed by atoms with van der Waals surface area (Å²) in [5.74, 6) is 1.17. The summed E-state index contributed by atoms with van der Waals surface area (Å²) in [6.45, 7) is 16.6. The Hall–Kier alpha value is -4.55. The predicted molar refractivity (Wildman–Crippen MR) is 342 cm³/mol. The lowest BCUT2D eigenvalue weighted by Gasteiger charge is -2.52. The first-order valence-electron chi connectivity index (χ1n) is 32.1. The second-order valence-corrected chi connectivity index (χ2v) is 29.8. The van der Waals surface area contributed by atoms with E-state index in [0.717, 1.165) is 154 Å². The summed E-state index contributed by atoms with van der Waals surface area (Å²) in [6, 6.07) is 16.6. The molecule has 86 heavy (non-hydrogen) atoms. The Morgan fingerprint density at radius 3 is 1.78 bits per heavy atom. The molecule has 2 aromatic heterocycles. The molecule has 0 saturated carbocycles. The number of benzene rings is 2. The molecule has 4 N–H and O–H groups in total. The molecule has 462 valence electrons. The fourth-order valence-electron chi connectivity index (χ4n) is 17.0. The molecule has 6 fully saturated rings. The highest BCUT2D eigenvalue weighted by Crippen LogP contribution is 2.50. The largest absolute Gasteiger partial charge is 0.351 e. The maximum absolute atomic E-state index is 16.5. The molecule has 4 aromatic rings. The van der Waals surface area contributed by atoms with Crippen molar-refractivity contribution in [2.75, 3.05) is 85.1 Å². The van der Waals surface area contributed by atoms with Crippen LogP contribution in [0, 0.1) is 35.0 Å². The number of pyridine rings is 2. The second kappa shape index (κ2) is 26.1. The number of hydrogen-bond acceptors (Lipinski definition) is 9. The van der Waals surface area contributed by atoms with Gasteiger partial charge in [0.1, 0.15) is 0 Å². The summed E-state index contributed by atoms with van der Waals surface area (Å²) < 4.78 is 1.00. The zero-order valence-corrected chi connectivity index (χ0v) is 54.3. The van der Waals surface area contributed by atoms with Gasteiger partial charge in [-0.05, 0) is 211 Å². The third-order valence-corrected chi connectivity index (χ3v) is 22.9. The van der Waals surface area contributed by atoms with Crippen molar-refractivity contribution in [2.24, 2.45) is 46.5 Å². The van der Waals surface area contributed by atoms with Crippen LogP contribution in [0.15, 0.2) is 65.4 Å². The number of hydrogen-bond donors (Lipinski definition) is 2. The molecule has 2 aromatic carbocycles. The Bertz CT molecular complexity index is 3090. The average Bonchev–Trinajstić information content (AvgIpc) is 1.64. The molecule has 0 spiro atoms. The number of likely N-dealkylation sites (tertiary alicyclic amines) is 5. The highest BCUT2D eigenvalue weighted by Gasteiger charge is 2.49. The van der Waals surface area contributed by atoms with Gasteiger partial charge in [0.2, 0.25) is 11.8 Å². The van der Waals surface area contributed by atoms with Crippen LogP contribution in [-0.2, 0) is 28.9 Å². The number of rotatable bonds is 9. The van der Waals surface area contributed by atoms with Gasteiger partial charge in [-0.2, -0.15) is 0 Å². The maximum atomic E-state index is 16.5. The quantitative estimate of drug-likeness (QED) is 0.166. The summed E-state index contributed by atoms with van der Waals surface area (Å²) in [5, 5.41) is 1.99. The number of aromatic nitrogens is 2. The lowest BCUT2D eigenvalue weighted by atomic mass is 9.70. The number of piperazine rings is 1. The monoisotopic (exact) mass is 1290 g/mol. The van der Waals surface area contributed by atoms with Gasteiger partial charge in [-0.3, -0.25) is 34.3 Å². The molecule has 5 unspecified atom stereocenters. The Kier molecular flexibility index (Phi) is 18.7. The van der Waals surface area contributed by atoms with Crippen LogP contribution in [0.2, 0.25) is 15.1 Å². The van der Waals surface area contributed by atoms with Crippen LogP contribution in [0.5, 0.6) is 0 Å². The first-order valence-corrected chi connectivity index (χ1v) is 34.0. The Labute approximate surface area is 532 Å². The van der Waals surface area contributed by atoms with E-state index in [2.05, 4.69) is 97.6 Å². The third kappa shape index (κ3) is 13.1. The van der Waals surface area contributed by atoms with Crippen LogP contribution >= 0.6 is 50.7 Å². The van der Waals surface area contributed by atoms with Crippen molar-refractivity contribution in [3.05, 3.63) is 125 Å². The molecule has 8 heterocycles. The normalized spacial score (nSPS) is 25.2. The van der Waals surface area contributed by atoms with E-state index in [1.807, 2.05) is 18.3 Å². The lowest BCUT2D eigenvalue weighted by Crippen LogP contribution is -2.64. The number of fused-ring (bicyclic) bond motifs is 4. The molecular weight excluding hydrogens is 1210 g/mol. The number of halogens is 4. The summed E-state index contributed by atoms with van der Waals surface area (Å²) in [7, 11) is 0. The van der Waals surface area contributed by atoms with Crippen LogP contribution in [0.1, 0.15) is 154 Å². The van der Waals surface area contributed by atoms with Crippen molar-refractivity contribution in [1.82, 2.24) is 44.3 Å². The Morgan fingerprint density at radius 2 is 1.13 bits per heavy atom. The molecule has 6 amide bonds. The first-order chi connectivity index (χ1) is 41.3. The smallest absolute Gasteiger partial charge is 0.314 e. The first kappa shape index (κ1) is 61.7. The topological polar surface area (TPSA) is 169 Å². The highest BCUT2D eigenvalue weighted by atomic mass is 79.9. The number of piperidine rings is 5. The summed E-state index contributed by atoms with van der Waals surface area (Å²) in [5.41, 5.74) is 20.6. The number of carbonyl (C=O) groups excluding carboxylic acids is 4. The standard InChI is InChI=1S/C67H87BrCl3N11O4/c1-67(2,3)57-40-81(52-18-28-78(29-19-52)62-53-8-6-49(69)34-45(53)4-5-46-33-48(68)38-74-60(46)62)30-31-82(57)64(84)59(44-16-26-80(27-17-44)66(73)86)56-36-47-35-51(71)39-75-61(47)63(54-9-7-50(70)37-55(54)56)77-24-14-43(15-25-77)42-12-22-76(23-13-42)58(83)32-41-10-20-79(21-11-41)65(72)85/h6-9,33-35,37-39,41-44,52,56-57,59,62-63H,4-5,10-32,36,40H2,1-3H3,(H2,72,85)(H2,73,86). The van der Waals surface area contributed by atoms with Crippen molar-refractivity contribution in [1.29, 1.82) is 0 Å². The number of carbonyl (C=O) groups is 4. The minimum Gasteiger partial charge on any atom is -0.351 e. The molecule has 8 aliphatic rings. The van der Waals surface area contributed by atoms with Crippen molar-refractivity contribution in [3.8, 4) is 0 Å². The molecular formula is C67H87BrCl3N11O4. The molecule has 2 aliphatic carbocycles. The summed E-state index contributed by atoms with van der Waals surface area (Å²) in [6.07, 6.45) is 15.9. The average molecular weight is 1300 g/mol. The summed E-state index contributed by atoms with van der Waals surface area (Å²) >= 11 is 24.5. The van der Waals surface area contributed by atoms with E-state index in [9.17, 15) is 14.4 Å². The van der Waals surface area contributed by atoms with E-state index in [1.54, 1.807) is 16.0 Å². The van der Waals surface area contributed by atoms with E-state index in [0.29, 0.717) is 92.2 Å². The number of nitrogens with two attached hydrogens (primary N) is 2. The van der Waals surface area contributed by atoms with Crippen LogP contribution in [-0.4, -0.2) is 165 Å². The zero-order chi connectivity index (χ0) is 60.1. The fourth-order valence-corrected chi connectivity index (χ4v) is 17.9. The minimum atomic E-state index is -0.417. The fraction of sp³-hybridized carbons (Fsp3) is 0.612. The second-order valence-electron chi connectivity index (χ2n) is 27.6. The SMILES string of the molecule is CC(C)(C)C1CN(C2CCN(C3c4ccc(Cl)cc4CCc4cc(Br)cnc43)CC2)CCN1C(=O)C(C1CCN(C(N)=O)CC1)C1Cc2cc(Cl)cnc2C(N2CCC(C3CCN(C(=O)CC4CCN(C(N)=O)CC4)CC3)CC2)c2ccc(Cl)cc21. The van der Waals surface area contributed by atoms with E-state index >= 15 is 4.79 Å². The molecule has 6 aliphatic heterocycles. The Morgan fingerprint density at radius 1 is 0.581 bits per heavy atom. The molecule has 6 saturated heterocycles. The number of urea groups is 2. The van der Waals surface area contributed by atoms with Gasteiger partial charge in [0.05, 0.1) is 28.5 Å².